The summed E-state index contributed by atoms with van der Waals surface area (Å²) < 4.78 is 98.0. The van der Waals surface area contributed by atoms with Gasteiger partial charge in [0, 0.05) is 23.4 Å². The lowest BCUT2D eigenvalue weighted by Crippen LogP contribution is -2.15. The number of anilines is 1. The Hall–Kier alpha value is -4.75. The molecule has 0 aliphatic rings. The molecule has 0 aliphatic carbocycles. The average Bonchev–Trinajstić information content (AvgIpc) is 3.55. The van der Waals surface area contributed by atoms with Gasteiger partial charge in [-0.3, -0.25) is 9.48 Å². The first-order chi connectivity index (χ1) is 19.3. The molecule has 3 aromatic heterocycles. The quantitative estimate of drug-likeness (QED) is 0.141. The Kier molecular flexibility index (Phi) is 7.01. The van der Waals surface area contributed by atoms with E-state index in [-0.39, 0.29) is 34.6 Å². The van der Waals surface area contributed by atoms with Crippen LogP contribution in [-0.2, 0) is 12.7 Å². The van der Waals surface area contributed by atoms with Crippen LogP contribution in [0.25, 0.3) is 16.9 Å². The lowest BCUT2D eigenvalue weighted by molar-refractivity contribution is -0.142. The van der Waals surface area contributed by atoms with Gasteiger partial charge in [0.05, 0.1) is 30.3 Å². The third-order valence-electron chi connectivity index (χ3n) is 6.30. The fourth-order valence-electron chi connectivity index (χ4n) is 4.14. The van der Waals surface area contributed by atoms with Gasteiger partial charge >= 0.3 is 6.18 Å². The maximum atomic E-state index is 14.0. The van der Waals surface area contributed by atoms with Crippen molar-refractivity contribution in [2.45, 2.75) is 32.5 Å². The van der Waals surface area contributed by atoms with Crippen LogP contribution in [0.2, 0.25) is 0 Å². The molecule has 1 amide bonds. The van der Waals surface area contributed by atoms with E-state index in [4.69, 9.17) is 0 Å². The molecular formula is C27H19F7N6O. The molecule has 0 unspecified atom stereocenters. The van der Waals surface area contributed by atoms with E-state index in [1.165, 1.54) is 0 Å². The Morgan fingerprint density at radius 1 is 0.951 bits per heavy atom. The highest BCUT2D eigenvalue weighted by molar-refractivity contribution is 6.08. The van der Waals surface area contributed by atoms with E-state index < -0.39 is 53.2 Å². The van der Waals surface area contributed by atoms with E-state index in [1.807, 2.05) is 13.8 Å². The Labute approximate surface area is 227 Å². The summed E-state index contributed by atoms with van der Waals surface area (Å²) in [5.74, 6) is -7.29. The first-order valence-electron chi connectivity index (χ1n) is 12.1. The second kappa shape index (κ2) is 10.3. The number of fused-ring (bicyclic) bond motifs is 1. The van der Waals surface area contributed by atoms with E-state index in [2.05, 4.69) is 20.5 Å². The topological polar surface area (TPSA) is 77.1 Å². The number of hydrogen-bond acceptors (Lipinski definition) is 4. The Morgan fingerprint density at radius 3 is 2.32 bits per heavy atom. The predicted octanol–water partition coefficient (Wildman–Crippen LogP) is 6.59. The van der Waals surface area contributed by atoms with Crippen LogP contribution in [0.5, 0.6) is 0 Å². The first-order valence-corrected chi connectivity index (χ1v) is 12.1. The minimum absolute atomic E-state index is 0.00535. The van der Waals surface area contributed by atoms with Gasteiger partial charge in [0.2, 0.25) is 0 Å². The number of amides is 1. The lowest BCUT2D eigenvalue weighted by Gasteiger charge is -2.12. The van der Waals surface area contributed by atoms with Crippen molar-refractivity contribution < 1.29 is 35.5 Å². The van der Waals surface area contributed by atoms with Gasteiger partial charge in [-0.05, 0) is 17.5 Å². The van der Waals surface area contributed by atoms with Gasteiger partial charge in [-0.25, -0.2) is 27.1 Å². The molecule has 5 aromatic rings. The number of halogens is 7. The maximum absolute atomic E-state index is 14.0. The number of rotatable bonds is 6. The zero-order valence-electron chi connectivity index (χ0n) is 21.3. The number of aromatic nitrogens is 5. The van der Waals surface area contributed by atoms with Gasteiger partial charge < -0.3 is 5.32 Å². The largest absolute Gasteiger partial charge is 0.433 e. The average molecular weight is 576 g/mol. The zero-order valence-corrected chi connectivity index (χ0v) is 21.3. The second-order valence-electron chi connectivity index (χ2n) is 9.42. The van der Waals surface area contributed by atoms with Crippen molar-refractivity contribution in [3.8, 4) is 11.3 Å². The fourth-order valence-corrected chi connectivity index (χ4v) is 4.14. The summed E-state index contributed by atoms with van der Waals surface area (Å²) in [6.45, 7) is 3.30. The van der Waals surface area contributed by atoms with Crippen LogP contribution in [0.3, 0.4) is 0 Å². The summed E-state index contributed by atoms with van der Waals surface area (Å²) in [7, 11) is 0. The lowest BCUT2D eigenvalue weighted by atomic mass is 10.0. The zero-order chi connectivity index (χ0) is 29.6. The van der Waals surface area contributed by atoms with Gasteiger partial charge in [0.15, 0.2) is 28.8 Å². The molecule has 0 saturated carbocycles. The predicted molar refractivity (Wildman–Crippen MR) is 133 cm³/mol. The molecule has 5 rings (SSSR count). The van der Waals surface area contributed by atoms with Crippen LogP contribution in [-0.4, -0.2) is 30.3 Å². The standard InChI is InChI=1S/C27H19F7N6O/c1-13(2)14-3-5-15(6-4-14)21-8-22(27(32,33)34)40-25(38-21)17(10-36-40)26(41)37-16-9-35-39(11-16)12-18-19(28)7-20(29)24(31)23(18)30/h3-11,13H,12H2,1-2H3,(H,37,41). The molecule has 212 valence electrons. The van der Waals surface area contributed by atoms with Crippen molar-refractivity contribution >= 4 is 17.2 Å². The molecule has 1 N–H and O–H groups in total. The third-order valence-corrected chi connectivity index (χ3v) is 6.30. The molecule has 41 heavy (non-hydrogen) atoms. The SMILES string of the molecule is CC(C)c1ccc(-c2cc(C(F)(F)F)n3ncc(C(=O)Nc4cnn(Cc5c(F)cc(F)c(F)c5F)c4)c3n2)cc1. The number of carbonyl (C=O) groups excluding carboxylic acids is 1. The van der Waals surface area contributed by atoms with Crippen LogP contribution >= 0.6 is 0 Å². The smallest absolute Gasteiger partial charge is 0.319 e. The molecule has 0 atom stereocenters. The number of nitrogens with one attached hydrogen (secondary N) is 1. The molecule has 0 aliphatic heterocycles. The minimum Gasteiger partial charge on any atom is -0.319 e. The van der Waals surface area contributed by atoms with Crippen LogP contribution in [0.4, 0.5) is 36.4 Å². The molecule has 0 fully saturated rings. The Bertz CT molecular complexity index is 1770. The summed E-state index contributed by atoms with van der Waals surface area (Å²) in [6, 6.07) is 7.86. The van der Waals surface area contributed by atoms with Gasteiger partial charge in [-0.1, -0.05) is 38.1 Å². The first kappa shape index (κ1) is 27.8. The minimum atomic E-state index is -4.82. The molecule has 3 heterocycles. The molecule has 14 heteroatoms. The van der Waals surface area contributed by atoms with Crippen molar-refractivity contribution in [3.63, 3.8) is 0 Å². The summed E-state index contributed by atoms with van der Waals surface area (Å²) in [5.41, 5.74) is -1.26. The van der Waals surface area contributed by atoms with Crippen molar-refractivity contribution in [2.75, 3.05) is 5.32 Å². The maximum Gasteiger partial charge on any atom is 0.433 e. The van der Waals surface area contributed by atoms with Crippen LogP contribution in [0.15, 0.2) is 55.0 Å². The van der Waals surface area contributed by atoms with Crippen LogP contribution < -0.4 is 5.32 Å². The van der Waals surface area contributed by atoms with Crippen molar-refractivity contribution in [1.29, 1.82) is 0 Å². The molecule has 2 aromatic carbocycles. The number of benzene rings is 2. The molecule has 0 bridgehead atoms. The number of alkyl halides is 3. The molecule has 0 radical (unpaired) electrons. The highest BCUT2D eigenvalue weighted by atomic mass is 19.4. The van der Waals surface area contributed by atoms with E-state index >= 15 is 0 Å². The van der Waals surface area contributed by atoms with Gasteiger partial charge in [0.1, 0.15) is 11.4 Å². The second-order valence-corrected chi connectivity index (χ2v) is 9.42. The summed E-state index contributed by atoms with van der Waals surface area (Å²) in [4.78, 5) is 17.3. The fraction of sp³-hybridized carbons (Fsp3) is 0.185. The van der Waals surface area contributed by atoms with Crippen LogP contribution in [0, 0.1) is 23.3 Å². The molecule has 0 spiro atoms. The normalized spacial score (nSPS) is 12.0. The molecule has 0 saturated heterocycles. The molecule has 7 nitrogen and oxygen atoms in total. The van der Waals surface area contributed by atoms with Crippen molar-refractivity contribution in [1.82, 2.24) is 24.4 Å². The van der Waals surface area contributed by atoms with Crippen molar-refractivity contribution in [2.24, 2.45) is 0 Å². The van der Waals surface area contributed by atoms with Gasteiger partial charge in [0.25, 0.3) is 5.91 Å². The van der Waals surface area contributed by atoms with E-state index in [9.17, 15) is 35.5 Å². The van der Waals surface area contributed by atoms with E-state index in [0.717, 1.165) is 34.9 Å². The highest BCUT2D eigenvalue weighted by Gasteiger charge is 2.36. The monoisotopic (exact) mass is 576 g/mol. The van der Waals surface area contributed by atoms with Gasteiger partial charge in [-0.2, -0.15) is 23.4 Å². The Morgan fingerprint density at radius 2 is 1.66 bits per heavy atom. The molecular weight excluding hydrogens is 557 g/mol. The van der Waals surface area contributed by atoms with E-state index in [0.29, 0.717) is 10.1 Å². The third kappa shape index (κ3) is 5.36. The Balaban J connectivity index is 1.46. The van der Waals surface area contributed by atoms with Crippen molar-refractivity contribution in [3.05, 3.63) is 101 Å². The van der Waals surface area contributed by atoms with Crippen LogP contribution in [0.1, 0.15) is 46.9 Å². The number of nitrogens with zero attached hydrogens (tertiary/aromatic N) is 5. The van der Waals surface area contributed by atoms with Gasteiger partial charge in [-0.15, -0.1) is 0 Å². The van der Waals surface area contributed by atoms with E-state index in [1.54, 1.807) is 24.3 Å². The summed E-state index contributed by atoms with van der Waals surface area (Å²) >= 11 is 0. The highest BCUT2D eigenvalue weighted by Crippen LogP contribution is 2.33. The summed E-state index contributed by atoms with van der Waals surface area (Å²) in [5, 5.41) is 9.96. The number of hydrogen-bond donors (Lipinski definition) is 1. The number of carbonyl (C=O) groups is 1. The summed E-state index contributed by atoms with van der Waals surface area (Å²) in [6.07, 6.45) is -1.66.